The molecule has 1 aromatic heterocycles. The highest BCUT2D eigenvalue weighted by molar-refractivity contribution is 7.93. The van der Waals surface area contributed by atoms with E-state index < -0.39 is 32.3 Å². The zero-order valence-electron chi connectivity index (χ0n) is 11.1. The molecule has 21 heavy (non-hydrogen) atoms. The van der Waals surface area contributed by atoms with Gasteiger partial charge in [0, 0.05) is 5.57 Å². The lowest BCUT2D eigenvalue weighted by Crippen LogP contribution is -2.25. The Morgan fingerprint density at radius 1 is 1.43 bits per heavy atom. The molecule has 0 bridgehead atoms. The second-order valence-corrected chi connectivity index (χ2v) is 5.46. The maximum absolute atomic E-state index is 13.0. The fraction of sp³-hybridized carbons (Fsp3) is 0.300. The van der Waals surface area contributed by atoms with E-state index in [1.165, 1.54) is 6.92 Å². The summed E-state index contributed by atoms with van der Waals surface area (Å²) >= 11 is 0. The molecule has 0 spiro atoms. The maximum Gasteiger partial charge on any atom is 0.417 e. The van der Waals surface area contributed by atoms with E-state index in [0.717, 1.165) is 6.92 Å². The minimum absolute atomic E-state index is 0.0102. The molecule has 0 aromatic carbocycles. The molecule has 11 heteroatoms. The van der Waals surface area contributed by atoms with Crippen LogP contribution in [0.2, 0.25) is 0 Å². The number of rotatable bonds is 4. The van der Waals surface area contributed by atoms with Crippen LogP contribution in [0, 0.1) is 0 Å². The van der Waals surface area contributed by atoms with Gasteiger partial charge >= 0.3 is 6.18 Å². The van der Waals surface area contributed by atoms with Crippen molar-refractivity contribution in [2.24, 2.45) is 5.14 Å². The second kappa shape index (κ2) is 5.77. The lowest BCUT2D eigenvalue weighted by Gasteiger charge is -2.17. The highest BCUT2D eigenvalue weighted by Gasteiger charge is 2.41. The van der Waals surface area contributed by atoms with E-state index in [2.05, 4.69) is 22.0 Å². The summed E-state index contributed by atoms with van der Waals surface area (Å²) in [4.78, 5) is -1.15. The van der Waals surface area contributed by atoms with E-state index in [9.17, 15) is 21.6 Å². The third-order valence-electron chi connectivity index (χ3n) is 2.35. The number of alkyl halides is 3. The molecule has 116 valence electrons. The average Bonchev–Trinajstić information content (AvgIpc) is 2.78. The third kappa shape index (κ3) is 3.76. The number of allylic oxidation sites excluding steroid dienone is 4. The lowest BCUT2D eigenvalue weighted by molar-refractivity contribution is -0.0887. The van der Waals surface area contributed by atoms with Crippen molar-refractivity contribution in [1.29, 1.82) is 0 Å². The number of primary sulfonamides is 1. The summed E-state index contributed by atoms with van der Waals surface area (Å²) < 4.78 is 62.5. The van der Waals surface area contributed by atoms with Crippen LogP contribution in [0.15, 0.2) is 28.7 Å². The first kappa shape index (κ1) is 17.0. The number of hydrogen-bond acceptors (Lipinski definition) is 5. The van der Waals surface area contributed by atoms with Crippen LogP contribution >= 0.6 is 0 Å². The lowest BCUT2D eigenvalue weighted by atomic mass is 10.0. The summed E-state index contributed by atoms with van der Waals surface area (Å²) in [6.45, 7) is 5.80. The Bertz CT molecular complexity index is 702. The van der Waals surface area contributed by atoms with Crippen LogP contribution in [0.3, 0.4) is 0 Å². The normalized spacial score (nSPS) is 14.9. The van der Waals surface area contributed by atoms with Crippen molar-refractivity contribution in [3.63, 3.8) is 0 Å². The van der Waals surface area contributed by atoms with Gasteiger partial charge in [-0.3, -0.25) is 0 Å². The molecule has 1 rings (SSSR count). The van der Waals surface area contributed by atoms with Crippen molar-refractivity contribution in [1.82, 2.24) is 20.6 Å². The van der Waals surface area contributed by atoms with Gasteiger partial charge in [-0.05, 0) is 24.6 Å². The SMILES string of the molecule is C=C(C)/C(=C(\C(=C/C)C(F)(F)F)S(N)(=O)=O)c1nn[nH]n1. The first-order chi connectivity index (χ1) is 9.50. The maximum atomic E-state index is 13.0. The predicted molar refractivity (Wildman–Crippen MR) is 68.8 cm³/mol. The van der Waals surface area contributed by atoms with Gasteiger partial charge in [-0.15, -0.1) is 10.2 Å². The third-order valence-corrected chi connectivity index (χ3v) is 3.34. The minimum atomic E-state index is -4.93. The number of nitrogens with zero attached hydrogens (tertiary/aromatic N) is 3. The molecular weight excluding hydrogens is 311 g/mol. The van der Waals surface area contributed by atoms with E-state index in [1.54, 1.807) is 0 Å². The molecular formula is C10H12F3N5O2S. The second-order valence-electron chi connectivity index (χ2n) is 3.96. The van der Waals surface area contributed by atoms with Gasteiger partial charge in [0.1, 0.15) is 4.91 Å². The molecule has 1 aromatic rings. The van der Waals surface area contributed by atoms with E-state index in [4.69, 9.17) is 5.14 Å². The number of aromatic nitrogens is 4. The van der Waals surface area contributed by atoms with Gasteiger partial charge < -0.3 is 0 Å². The van der Waals surface area contributed by atoms with Crippen molar-refractivity contribution in [2.45, 2.75) is 20.0 Å². The number of sulfonamides is 1. The first-order valence-electron chi connectivity index (χ1n) is 5.40. The van der Waals surface area contributed by atoms with Gasteiger partial charge in [0.05, 0.1) is 5.57 Å². The van der Waals surface area contributed by atoms with E-state index in [1.807, 2.05) is 5.21 Å². The Balaban J connectivity index is 3.88. The van der Waals surface area contributed by atoms with Gasteiger partial charge in [-0.2, -0.15) is 18.4 Å². The number of halogens is 3. The molecule has 0 saturated heterocycles. The fourth-order valence-corrected chi connectivity index (χ4v) is 2.70. The number of H-pyrrole nitrogens is 1. The number of nitrogens with two attached hydrogens (primary N) is 1. The van der Waals surface area contributed by atoms with Crippen LogP contribution in [0.5, 0.6) is 0 Å². The van der Waals surface area contributed by atoms with Crippen LogP contribution in [0.4, 0.5) is 13.2 Å². The monoisotopic (exact) mass is 323 g/mol. The minimum Gasteiger partial charge on any atom is -0.225 e. The number of tetrazole rings is 1. The molecule has 0 amide bonds. The van der Waals surface area contributed by atoms with Crippen molar-refractivity contribution in [3.8, 4) is 0 Å². The van der Waals surface area contributed by atoms with Crippen LogP contribution in [0.1, 0.15) is 19.7 Å². The molecule has 0 unspecified atom stereocenters. The standard InChI is InChI=1S/C10H12F3N5O2S/c1-4-6(10(11,12)13)8(21(14,19)20)7(5(2)3)9-15-17-18-16-9/h4H,2H2,1,3H3,(H2,14,19,20)(H,15,16,17,18)/b6-4+,8-7-. The predicted octanol–water partition coefficient (Wildman–Crippen LogP) is 1.28. The summed E-state index contributed by atoms with van der Waals surface area (Å²) in [5, 5.41) is 17.1. The Kier molecular flexibility index (Phi) is 4.69. The van der Waals surface area contributed by atoms with Crippen LogP contribution in [-0.2, 0) is 10.0 Å². The topological polar surface area (TPSA) is 115 Å². The summed E-state index contributed by atoms with van der Waals surface area (Å²) in [6, 6.07) is 0. The van der Waals surface area contributed by atoms with Gasteiger partial charge in [0.15, 0.2) is 0 Å². The Morgan fingerprint density at radius 2 is 2.00 bits per heavy atom. The highest BCUT2D eigenvalue weighted by Crippen LogP contribution is 2.38. The summed E-state index contributed by atoms with van der Waals surface area (Å²) in [5.74, 6) is -0.352. The number of hydrogen-bond donors (Lipinski definition) is 2. The summed E-state index contributed by atoms with van der Waals surface area (Å²) in [5.41, 5.74) is -1.88. The Labute approximate surface area is 118 Å². The van der Waals surface area contributed by atoms with E-state index >= 15 is 0 Å². The van der Waals surface area contributed by atoms with E-state index in [0.29, 0.717) is 6.08 Å². The molecule has 0 saturated carbocycles. The quantitative estimate of drug-likeness (QED) is 0.810. The molecule has 0 aliphatic heterocycles. The summed E-state index contributed by atoms with van der Waals surface area (Å²) in [6.07, 6.45) is -4.33. The Hall–Kier alpha value is -2.01. The van der Waals surface area contributed by atoms with E-state index in [-0.39, 0.29) is 11.4 Å². The zero-order valence-corrected chi connectivity index (χ0v) is 11.9. The van der Waals surface area contributed by atoms with Gasteiger partial charge in [-0.25, -0.2) is 13.6 Å². The van der Waals surface area contributed by atoms with Gasteiger partial charge in [-0.1, -0.05) is 12.7 Å². The molecule has 0 fully saturated rings. The molecule has 0 aliphatic carbocycles. The average molecular weight is 323 g/mol. The molecule has 3 N–H and O–H groups in total. The molecule has 0 radical (unpaired) electrons. The van der Waals surface area contributed by atoms with Crippen molar-refractivity contribution < 1.29 is 21.6 Å². The van der Waals surface area contributed by atoms with Crippen molar-refractivity contribution >= 4 is 15.6 Å². The van der Waals surface area contributed by atoms with Crippen molar-refractivity contribution in [3.05, 3.63) is 34.5 Å². The smallest absolute Gasteiger partial charge is 0.225 e. The number of nitrogens with one attached hydrogen (secondary N) is 1. The van der Waals surface area contributed by atoms with Crippen molar-refractivity contribution in [2.75, 3.05) is 0 Å². The molecule has 7 nitrogen and oxygen atoms in total. The van der Waals surface area contributed by atoms with Gasteiger partial charge in [0.25, 0.3) is 0 Å². The summed E-state index contributed by atoms with van der Waals surface area (Å²) in [7, 11) is -4.72. The molecule has 0 atom stereocenters. The highest BCUT2D eigenvalue weighted by atomic mass is 32.2. The van der Waals surface area contributed by atoms with Crippen LogP contribution in [-0.4, -0.2) is 35.2 Å². The fourth-order valence-electron chi connectivity index (χ4n) is 1.61. The Morgan fingerprint density at radius 3 is 2.29 bits per heavy atom. The van der Waals surface area contributed by atoms with Gasteiger partial charge in [0.2, 0.25) is 15.8 Å². The largest absolute Gasteiger partial charge is 0.417 e. The van der Waals surface area contributed by atoms with Crippen LogP contribution in [0.25, 0.3) is 5.57 Å². The zero-order chi connectivity index (χ0) is 16.4. The number of aromatic amines is 1. The molecule has 1 heterocycles. The van der Waals surface area contributed by atoms with Crippen LogP contribution < -0.4 is 5.14 Å². The first-order valence-corrected chi connectivity index (χ1v) is 6.95. The molecule has 0 aliphatic rings.